The first-order chi connectivity index (χ1) is 9.29. The van der Waals surface area contributed by atoms with Gasteiger partial charge in [-0.15, -0.1) is 11.3 Å². The molecule has 0 saturated carbocycles. The van der Waals surface area contributed by atoms with Crippen molar-refractivity contribution in [2.45, 2.75) is 0 Å². The van der Waals surface area contributed by atoms with Gasteiger partial charge in [0.1, 0.15) is 16.5 Å². The smallest absolute Gasteiger partial charge is 0.181 e. The first-order valence-electron chi connectivity index (χ1n) is 5.59. The zero-order valence-corrected chi connectivity index (χ0v) is 11.8. The first-order valence-corrected chi connectivity index (χ1v) is 7.28. The molecule has 0 fully saturated rings. The molecule has 0 aliphatic carbocycles. The fourth-order valence-electron chi connectivity index (χ4n) is 1.84. The molecular formula is C13H11N3OS2. The van der Waals surface area contributed by atoms with E-state index >= 15 is 0 Å². The highest BCUT2D eigenvalue weighted by molar-refractivity contribution is 7.20. The van der Waals surface area contributed by atoms with Crippen LogP contribution in [-0.2, 0) is 0 Å². The maximum Gasteiger partial charge on any atom is 0.181 e. The third-order valence-corrected chi connectivity index (χ3v) is 4.33. The van der Waals surface area contributed by atoms with Gasteiger partial charge in [-0.05, 0) is 12.1 Å². The fourth-order valence-corrected chi connectivity index (χ4v) is 3.40. The molecule has 19 heavy (non-hydrogen) atoms. The molecule has 4 nitrogen and oxygen atoms in total. The van der Waals surface area contributed by atoms with Gasteiger partial charge in [0.15, 0.2) is 5.13 Å². The highest BCUT2D eigenvalue weighted by Gasteiger charge is 2.18. The van der Waals surface area contributed by atoms with Gasteiger partial charge in [0.2, 0.25) is 0 Å². The predicted molar refractivity (Wildman–Crippen MR) is 79.6 cm³/mol. The quantitative estimate of drug-likeness (QED) is 0.801. The zero-order chi connectivity index (χ0) is 13.2. The van der Waals surface area contributed by atoms with E-state index in [1.54, 1.807) is 24.6 Å². The lowest BCUT2D eigenvalue weighted by atomic mass is 10.1. The summed E-state index contributed by atoms with van der Waals surface area (Å²) in [7, 11) is 1.66. The van der Waals surface area contributed by atoms with Crippen LogP contribution in [0, 0.1) is 0 Å². The van der Waals surface area contributed by atoms with Gasteiger partial charge in [-0.1, -0.05) is 23.5 Å². The molecule has 0 radical (unpaired) electrons. The van der Waals surface area contributed by atoms with Crippen molar-refractivity contribution in [3.05, 3.63) is 35.8 Å². The van der Waals surface area contributed by atoms with Crippen LogP contribution in [0.25, 0.3) is 21.1 Å². The molecule has 2 aromatic heterocycles. The van der Waals surface area contributed by atoms with Crippen molar-refractivity contribution in [1.82, 2.24) is 9.97 Å². The number of hydrogen-bond acceptors (Lipinski definition) is 6. The molecule has 2 heterocycles. The number of nitrogen functional groups attached to an aromatic ring is 1. The Hall–Kier alpha value is -1.92. The number of nitrogens with two attached hydrogens (primary N) is 1. The topological polar surface area (TPSA) is 61.0 Å². The fraction of sp³-hybridized carbons (Fsp3) is 0.0769. The number of benzene rings is 1. The average molecular weight is 289 g/mol. The number of nitrogens with zero attached hydrogens (tertiary/aromatic N) is 2. The van der Waals surface area contributed by atoms with Crippen molar-refractivity contribution >= 4 is 27.8 Å². The summed E-state index contributed by atoms with van der Waals surface area (Å²) in [6, 6.07) is 7.84. The maximum atomic E-state index is 5.86. The Morgan fingerprint density at radius 1 is 1.26 bits per heavy atom. The van der Waals surface area contributed by atoms with Crippen LogP contribution in [0.4, 0.5) is 5.13 Å². The average Bonchev–Trinajstić information content (AvgIpc) is 3.07. The molecule has 0 bridgehead atoms. The van der Waals surface area contributed by atoms with Gasteiger partial charge >= 0.3 is 0 Å². The SMILES string of the molecule is COc1ccccc1-c1sc(N)nc1-c1nccs1. The van der Waals surface area contributed by atoms with Crippen LogP contribution < -0.4 is 10.5 Å². The highest BCUT2D eigenvalue weighted by Crippen LogP contribution is 2.42. The van der Waals surface area contributed by atoms with E-state index in [1.807, 2.05) is 29.6 Å². The molecule has 0 atom stereocenters. The Balaban J connectivity index is 2.20. The second kappa shape index (κ2) is 4.99. The van der Waals surface area contributed by atoms with Gasteiger partial charge < -0.3 is 10.5 Å². The monoisotopic (exact) mass is 289 g/mol. The molecule has 1 aromatic carbocycles. The van der Waals surface area contributed by atoms with Gasteiger partial charge in [-0.25, -0.2) is 9.97 Å². The van der Waals surface area contributed by atoms with Crippen LogP contribution in [0.1, 0.15) is 0 Å². The van der Waals surface area contributed by atoms with E-state index < -0.39 is 0 Å². The summed E-state index contributed by atoms with van der Waals surface area (Å²) in [6.45, 7) is 0. The lowest BCUT2D eigenvalue weighted by molar-refractivity contribution is 0.416. The number of aromatic nitrogens is 2. The van der Waals surface area contributed by atoms with E-state index in [4.69, 9.17) is 10.5 Å². The van der Waals surface area contributed by atoms with Gasteiger partial charge in [0.05, 0.1) is 12.0 Å². The lowest BCUT2D eigenvalue weighted by Crippen LogP contribution is -1.87. The van der Waals surface area contributed by atoms with Crippen molar-refractivity contribution in [1.29, 1.82) is 0 Å². The third-order valence-electron chi connectivity index (χ3n) is 2.63. The minimum Gasteiger partial charge on any atom is -0.496 e. The Bertz CT molecular complexity index is 692. The second-order valence-corrected chi connectivity index (χ2v) is 5.69. The van der Waals surface area contributed by atoms with E-state index in [0.717, 1.165) is 26.9 Å². The Morgan fingerprint density at radius 3 is 2.84 bits per heavy atom. The molecule has 96 valence electrons. The van der Waals surface area contributed by atoms with Gasteiger partial charge in [0.25, 0.3) is 0 Å². The minimum absolute atomic E-state index is 0.533. The van der Waals surface area contributed by atoms with Crippen molar-refractivity contribution in [2.24, 2.45) is 0 Å². The first kappa shape index (κ1) is 12.1. The number of methoxy groups -OCH3 is 1. The van der Waals surface area contributed by atoms with E-state index in [2.05, 4.69) is 9.97 Å². The number of thiazole rings is 2. The van der Waals surface area contributed by atoms with Crippen molar-refractivity contribution in [3.63, 3.8) is 0 Å². The summed E-state index contributed by atoms with van der Waals surface area (Å²) in [5.41, 5.74) is 7.67. The van der Waals surface area contributed by atoms with Crippen LogP contribution in [0.2, 0.25) is 0 Å². The van der Waals surface area contributed by atoms with E-state index in [1.165, 1.54) is 11.3 Å². The number of rotatable bonds is 3. The van der Waals surface area contributed by atoms with E-state index in [0.29, 0.717) is 5.13 Å². The summed E-state index contributed by atoms with van der Waals surface area (Å²) in [4.78, 5) is 9.69. The minimum atomic E-state index is 0.533. The van der Waals surface area contributed by atoms with Crippen LogP contribution in [0.3, 0.4) is 0 Å². The summed E-state index contributed by atoms with van der Waals surface area (Å²) < 4.78 is 5.40. The van der Waals surface area contributed by atoms with Gasteiger partial charge in [-0.3, -0.25) is 0 Å². The van der Waals surface area contributed by atoms with Crippen LogP contribution in [-0.4, -0.2) is 17.1 Å². The molecule has 0 spiro atoms. The third kappa shape index (κ3) is 2.20. The number of hydrogen-bond donors (Lipinski definition) is 1. The Morgan fingerprint density at radius 2 is 2.11 bits per heavy atom. The van der Waals surface area contributed by atoms with Gasteiger partial charge in [0, 0.05) is 17.1 Å². The molecule has 2 N–H and O–H groups in total. The number of ether oxygens (including phenoxy) is 1. The number of anilines is 1. The molecular weight excluding hydrogens is 278 g/mol. The Kier molecular flexibility index (Phi) is 3.18. The Labute approximate surface area is 118 Å². The van der Waals surface area contributed by atoms with Crippen LogP contribution >= 0.6 is 22.7 Å². The molecule has 0 amide bonds. The summed E-state index contributed by atoms with van der Waals surface area (Å²) in [5.74, 6) is 0.809. The zero-order valence-electron chi connectivity index (χ0n) is 10.2. The standard InChI is InChI=1S/C13H11N3OS2/c1-17-9-5-3-2-4-8(9)11-10(16-13(14)19-11)12-15-6-7-18-12/h2-7H,1H3,(H2,14,16). The van der Waals surface area contributed by atoms with Crippen molar-refractivity contribution < 1.29 is 4.74 Å². The molecule has 3 aromatic rings. The maximum absolute atomic E-state index is 5.86. The second-order valence-electron chi connectivity index (χ2n) is 3.77. The highest BCUT2D eigenvalue weighted by atomic mass is 32.1. The molecule has 6 heteroatoms. The lowest BCUT2D eigenvalue weighted by Gasteiger charge is -2.06. The van der Waals surface area contributed by atoms with E-state index in [-0.39, 0.29) is 0 Å². The summed E-state index contributed by atoms with van der Waals surface area (Å²) in [5, 5.41) is 3.33. The predicted octanol–water partition coefficient (Wildman–Crippen LogP) is 3.52. The molecule has 0 aliphatic heterocycles. The summed E-state index contributed by atoms with van der Waals surface area (Å²) >= 11 is 3.00. The molecule has 0 aliphatic rings. The van der Waals surface area contributed by atoms with Crippen molar-refractivity contribution in [2.75, 3.05) is 12.8 Å². The van der Waals surface area contributed by atoms with Gasteiger partial charge in [-0.2, -0.15) is 0 Å². The summed E-state index contributed by atoms with van der Waals surface area (Å²) in [6.07, 6.45) is 1.77. The van der Waals surface area contributed by atoms with Crippen molar-refractivity contribution in [3.8, 4) is 26.9 Å². The molecule has 3 rings (SSSR count). The largest absolute Gasteiger partial charge is 0.496 e. The van der Waals surface area contributed by atoms with Crippen LogP contribution in [0.15, 0.2) is 35.8 Å². The normalized spacial score (nSPS) is 10.6. The molecule has 0 unspecified atom stereocenters. The molecule has 0 saturated heterocycles. The van der Waals surface area contributed by atoms with E-state index in [9.17, 15) is 0 Å². The van der Waals surface area contributed by atoms with Crippen LogP contribution in [0.5, 0.6) is 5.75 Å². The number of para-hydroxylation sites is 1.